The number of hydrogen-bond acceptors (Lipinski definition) is 3. The van der Waals surface area contributed by atoms with Crippen LogP contribution in [0, 0.1) is 5.92 Å². The molecule has 0 unspecified atom stereocenters. The number of hydrogen-bond donors (Lipinski definition) is 1. The van der Waals surface area contributed by atoms with E-state index in [1.165, 1.54) is 50.0 Å². The van der Waals surface area contributed by atoms with E-state index in [-0.39, 0.29) is 0 Å². The van der Waals surface area contributed by atoms with E-state index in [1.807, 2.05) is 0 Å². The van der Waals surface area contributed by atoms with Gasteiger partial charge in [-0.3, -0.25) is 4.90 Å². The lowest BCUT2D eigenvalue weighted by molar-refractivity contribution is 0.269. The van der Waals surface area contributed by atoms with Crippen molar-refractivity contribution in [2.24, 2.45) is 16.6 Å². The Hall–Kier alpha value is -1.59. The van der Waals surface area contributed by atoms with Crippen LogP contribution in [-0.2, 0) is 13.1 Å². The van der Waals surface area contributed by atoms with Crippen LogP contribution in [0.3, 0.4) is 0 Å². The Morgan fingerprint density at radius 3 is 2.42 bits per heavy atom. The van der Waals surface area contributed by atoms with Gasteiger partial charge in [0.25, 0.3) is 0 Å². The first kappa shape index (κ1) is 19.2. The highest BCUT2D eigenvalue weighted by Gasteiger charge is 2.17. The molecule has 0 aromatic heterocycles. The minimum Gasteiger partial charge on any atom is -0.370 e. The zero-order valence-electron chi connectivity index (χ0n) is 16.5. The first-order chi connectivity index (χ1) is 12.6. The fraction of sp³-hybridized carbons (Fsp3) is 0.667. The zero-order valence-corrected chi connectivity index (χ0v) is 16.5. The van der Waals surface area contributed by atoms with Crippen LogP contribution in [0.5, 0.6) is 0 Å². The molecule has 2 heterocycles. The maximum atomic E-state index is 6.19. The molecule has 5 heteroatoms. The second kappa shape index (κ2) is 9.38. The van der Waals surface area contributed by atoms with Crippen LogP contribution >= 0.6 is 0 Å². The van der Waals surface area contributed by atoms with Gasteiger partial charge in [-0.1, -0.05) is 31.2 Å². The van der Waals surface area contributed by atoms with Crippen LogP contribution in [0.2, 0.25) is 0 Å². The fourth-order valence-electron chi connectivity index (χ4n) is 3.78. The summed E-state index contributed by atoms with van der Waals surface area (Å²) in [7, 11) is 2.22. The summed E-state index contributed by atoms with van der Waals surface area (Å²) in [4.78, 5) is 11.8. The minimum atomic E-state index is 0.673. The third kappa shape index (κ3) is 5.71. The summed E-state index contributed by atoms with van der Waals surface area (Å²) in [5.41, 5.74) is 8.81. The van der Waals surface area contributed by atoms with E-state index in [4.69, 9.17) is 5.73 Å². The molecule has 2 aliphatic heterocycles. The van der Waals surface area contributed by atoms with Crippen molar-refractivity contribution < 1.29 is 0 Å². The maximum absolute atomic E-state index is 6.19. The van der Waals surface area contributed by atoms with Crippen LogP contribution in [0.25, 0.3) is 0 Å². The Kier molecular flexibility index (Phi) is 6.92. The summed E-state index contributed by atoms with van der Waals surface area (Å²) >= 11 is 0. The summed E-state index contributed by atoms with van der Waals surface area (Å²) in [6.45, 7) is 10.9. The smallest absolute Gasteiger partial charge is 0.191 e. The van der Waals surface area contributed by atoms with Crippen LogP contribution in [-0.4, -0.2) is 67.0 Å². The topological polar surface area (TPSA) is 48.1 Å². The summed E-state index contributed by atoms with van der Waals surface area (Å²) < 4.78 is 0. The molecular weight excluding hydrogens is 322 g/mol. The highest BCUT2D eigenvalue weighted by Crippen LogP contribution is 2.16. The molecule has 2 aliphatic rings. The summed E-state index contributed by atoms with van der Waals surface area (Å²) in [5, 5.41) is 0. The zero-order chi connectivity index (χ0) is 18.4. The quantitative estimate of drug-likeness (QED) is 0.664. The average molecular weight is 358 g/mol. The van der Waals surface area contributed by atoms with Crippen LogP contribution in [0.15, 0.2) is 29.3 Å². The van der Waals surface area contributed by atoms with Gasteiger partial charge in [0.15, 0.2) is 5.96 Å². The number of likely N-dealkylation sites (N-methyl/N-ethyl adjacent to an activating group) is 1. The van der Waals surface area contributed by atoms with Crippen molar-refractivity contribution >= 4 is 5.96 Å². The van der Waals surface area contributed by atoms with E-state index in [1.54, 1.807) is 0 Å². The summed E-state index contributed by atoms with van der Waals surface area (Å²) in [5.74, 6) is 1.52. The van der Waals surface area contributed by atoms with Gasteiger partial charge in [-0.05, 0) is 56.4 Å². The molecule has 0 aliphatic carbocycles. The molecule has 0 saturated carbocycles. The highest BCUT2D eigenvalue weighted by atomic mass is 15.3. The lowest BCUT2D eigenvalue weighted by atomic mass is 10.00. The third-order valence-electron chi connectivity index (χ3n) is 5.77. The SMILES string of the molecule is CC1CCN(C(N)=NCc2ccc(CN3CCCN(C)CC3)cc2)CC1. The monoisotopic (exact) mass is 357 g/mol. The van der Waals surface area contributed by atoms with Crippen molar-refractivity contribution in [1.82, 2.24) is 14.7 Å². The van der Waals surface area contributed by atoms with Crippen LogP contribution in [0.4, 0.5) is 0 Å². The number of nitrogens with two attached hydrogens (primary N) is 1. The second-order valence-electron chi connectivity index (χ2n) is 8.09. The molecule has 0 spiro atoms. The van der Waals surface area contributed by atoms with E-state index < -0.39 is 0 Å². The van der Waals surface area contributed by atoms with Gasteiger partial charge in [0.2, 0.25) is 0 Å². The Morgan fingerprint density at radius 1 is 1.00 bits per heavy atom. The van der Waals surface area contributed by atoms with Gasteiger partial charge in [-0.2, -0.15) is 0 Å². The van der Waals surface area contributed by atoms with Gasteiger partial charge in [-0.15, -0.1) is 0 Å². The molecule has 3 rings (SSSR count). The highest BCUT2D eigenvalue weighted by molar-refractivity contribution is 5.78. The Balaban J connectivity index is 1.48. The summed E-state index contributed by atoms with van der Waals surface area (Å²) in [6.07, 6.45) is 3.70. The molecule has 0 atom stereocenters. The van der Waals surface area contributed by atoms with E-state index >= 15 is 0 Å². The van der Waals surface area contributed by atoms with E-state index in [2.05, 4.69) is 57.9 Å². The lowest BCUT2D eigenvalue weighted by Gasteiger charge is -2.31. The van der Waals surface area contributed by atoms with Crippen LogP contribution < -0.4 is 5.73 Å². The molecule has 0 radical (unpaired) electrons. The van der Waals surface area contributed by atoms with Crippen molar-refractivity contribution in [3.63, 3.8) is 0 Å². The Labute approximate surface area is 158 Å². The van der Waals surface area contributed by atoms with E-state index in [9.17, 15) is 0 Å². The number of rotatable bonds is 4. The standard InChI is InChI=1S/C21H35N5/c1-18-8-12-26(13-9-18)21(22)23-16-19-4-6-20(7-5-19)17-25-11-3-10-24(2)14-15-25/h4-7,18H,3,8-17H2,1-2H3,(H2,22,23). The third-order valence-corrected chi connectivity index (χ3v) is 5.77. The number of aliphatic imine (C=N–C) groups is 1. The second-order valence-corrected chi connectivity index (χ2v) is 8.09. The van der Waals surface area contributed by atoms with E-state index in [0.29, 0.717) is 12.5 Å². The average Bonchev–Trinajstić information content (AvgIpc) is 2.86. The number of piperidine rings is 1. The number of benzene rings is 1. The molecule has 2 saturated heterocycles. The summed E-state index contributed by atoms with van der Waals surface area (Å²) in [6, 6.07) is 8.90. The molecule has 1 aromatic carbocycles. The van der Waals surface area contributed by atoms with Gasteiger partial charge in [0, 0.05) is 32.7 Å². The number of nitrogens with zero attached hydrogens (tertiary/aromatic N) is 4. The van der Waals surface area contributed by atoms with Gasteiger partial charge in [-0.25, -0.2) is 4.99 Å². The van der Waals surface area contributed by atoms with Gasteiger partial charge >= 0.3 is 0 Å². The predicted molar refractivity (Wildman–Crippen MR) is 109 cm³/mol. The first-order valence-corrected chi connectivity index (χ1v) is 10.1. The van der Waals surface area contributed by atoms with Gasteiger partial charge < -0.3 is 15.5 Å². The molecule has 144 valence electrons. The van der Waals surface area contributed by atoms with Gasteiger partial charge in [0.1, 0.15) is 0 Å². The minimum absolute atomic E-state index is 0.673. The molecule has 0 amide bonds. The molecule has 26 heavy (non-hydrogen) atoms. The van der Waals surface area contributed by atoms with Crippen molar-refractivity contribution in [2.75, 3.05) is 46.3 Å². The van der Waals surface area contributed by atoms with Crippen molar-refractivity contribution in [1.29, 1.82) is 0 Å². The van der Waals surface area contributed by atoms with Crippen molar-refractivity contribution in [3.8, 4) is 0 Å². The molecule has 1 aromatic rings. The Morgan fingerprint density at radius 2 is 1.69 bits per heavy atom. The molecule has 2 fully saturated rings. The van der Waals surface area contributed by atoms with Crippen molar-refractivity contribution in [2.45, 2.75) is 39.3 Å². The first-order valence-electron chi connectivity index (χ1n) is 10.1. The molecule has 5 nitrogen and oxygen atoms in total. The fourth-order valence-corrected chi connectivity index (χ4v) is 3.78. The maximum Gasteiger partial charge on any atom is 0.191 e. The number of likely N-dealkylation sites (tertiary alicyclic amines) is 1. The van der Waals surface area contributed by atoms with Crippen LogP contribution in [0.1, 0.15) is 37.3 Å². The molecule has 2 N–H and O–H groups in total. The largest absolute Gasteiger partial charge is 0.370 e. The lowest BCUT2D eigenvalue weighted by Crippen LogP contribution is -2.42. The van der Waals surface area contributed by atoms with Crippen molar-refractivity contribution in [3.05, 3.63) is 35.4 Å². The van der Waals surface area contributed by atoms with Gasteiger partial charge in [0.05, 0.1) is 6.54 Å². The predicted octanol–water partition coefficient (Wildman–Crippen LogP) is 2.37. The molecule has 0 bridgehead atoms. The normalized spacial score (nSPS) is 21.8. The Bertz CT molecular complexity index is 575. The molecular formula is C21H35N5. The number of guanidine groups is 1. The van der Waals surface area contributed by atoms with E-state index in [0.717, 1.165) is 32.1 Å².